The topological polar surface area (TPSA) is 49.8 Å². The third-order valence-corrected chi connectivity index (χ3v) is 3.81. The van der Waals surface area contributed by atoms with Crippen molar-refractivity contribution in [3.63, 3.8) is 0 Å². The average molecular weight is 277 g/mol. The van der Waals surface area contributed by atoms with Gasteiger partial charge in [-0.15, -0.1) is 11.3 Å². The third kappa shape index (κ3) is 3.06. The summed E-state index contributed by atoms with van der Waals surface area (Å²) in [6.45, 7) is 0.567. The van der Waals surface area contributed by atoms with Gasteiger partial charge in [0, 0.05) is 19.3 Å². The van der Waals surface area contributed by atoms with E-state index in [1.54, 1.807) is 12.5 Å². The molecule has 4 nitrogen and oxygen atoms in total. The van der Waals surface area contributed by atoms with Crippen molar-refractivity contribution in [3.8, 4) is 5.75 Å². The molecule has 0 atom stereocenters. The van der Waals surface area contributed by atoms with Crippen molar-refractivity contribution in [3.05, 3.63) is 46.2 Å². The van der Waals surface area contributed by atoms with Crippen molar-refractivity contribution in [1.82, 2.24) is 0 Å². The summed E-state index contributed by atoms with van der Waals surface area (Å²) in [5, 5.41) is 10.9. The molecule has 0 aliphatic rings. The van der Waals surface area contributed by atoms with Gasteiger partial charge >= 0.3 is 5.97 Å². The van der Waals surface area contributed by atoms with E-state index in [1.807, 2.05) is 42.3 Å². The summed E-state index contributed by atoms with van der Waals surface area (Å²) >= 11 is 1.25. The number of hydrogen-bond acceptors (Lipinski definition) is 4. The fourth-order valence-electron chi connectivity index (χ4n) is 1.83. The Bertz CT molecular complexity index is 562. The maximum Gasteiger partial charge on any atom is 0.346 e. The molecule has 0 bridgehead atoms. The Hall–Kier alpha value is -2.01. The van der Waals surface area contributed by atoms with E-state index in [0.717, 1.165) is 17.0 Å². The molecular weight excluding hydrogens is 262 g/mol. The number of rotatable bonds is 5. The van der Waals surface area contributed by atoms with Crippen LogP contribution in [-0.2, 0) is 6.54 Å². The maximum absolute atomic E-state index is 11.1. The van der Waals surface area contributed by atoms with E-state index in [-0.39, 0.29) is 0 Å². The van der Waals surface area contributed by atoms with Crippen molar-refractivity contribution < 1.29 is 14.6 Å². The first-order valence-corrected chi connectivity index (χ1v) is 6.64. The highest BCUT2D eigenvalue weighted by Crippen LogP contribution is 2.23. The van der Waals surface area contributed by atoms with E-state index >= 15 is 0 Å². The summed E-state index contributed by atoms with van der Waals surface area (Å²) < 4.78 is 5.11. The first-order valence-electron chi connectivity index (χ1n) is 5.76. The summed E-state index contributed by atoms with van der Waals surface area (Å²) in [5.74, 6) is -0.0629. The predicted molar refractivity (Wildman–Crippen MR) is 76.4 cm³/mol. The molecule has 19 heavy (non-hydrogen) atoms. The molecule has 0 unspecified atom stereocenters. The van der Waals surface area contributed by atoms with Gasteiger partial charge in [0.1, 0.15) is 10.6 Å². The van der Waals surface area contributed by atoms with E-state index in [9.17, 15) is 4.79 Å². The molecule has 0 saturated heterocycles. The van der Waals surface area contributed by atoms with Crippen LogP contribution in [0.3, 0.4) is 0 Å². The largest absolute Gasteiger partial charge is 0.497 e. The van der Waals surface area contributed by atoms with E-state index in [2.05, 4.69) is 0 Å². The van der Waals surface area contributed by atoms with Crippen molar-refractivity contribution in [2.45, 2.75) is 6.54 Å². The number of anilines is 1. The molecule has 0 spiro atoms. The zero-order valence-electron chi connectivity index (χ0n) is 10.8. The average Bonchev–Trinajstić information content (AvgIpc) is 2.87. The van der Waals surface area contributed by atoms with E-state index < -0.39 is 5.97 Å². The molecule has 0 saturated carbocycles. The number of aromatic carboxylic acids is 1. The molecule has 0 radical (unpaired) electrons. The van der Waals surface area contributed by atoms with E-state index in [4.69, 9.17) is 9.84 Å². The predicted octanol–water partition coefficient (Wildman–Crippen LogP) is 3.09. The number of thiophene rings is 1. The van der Waals surface area contributed by atoms with Gasteiger partial charge < -0.3 is 14.7 Å². The van der Waals surface area contributed by atoms with Crippen molar-refractivity contribution in [2.24, 2.45) is 0 Å². The fraction of sp³-hybridized carbons (Fsp3) is 0.214. The van der Waals surface area contributed by atoms with Gasteiger partial charge in [0.05, 0.1) is 7.11 Å². The lowest BCUT2D eigenvalue weighted by atomic mass is 10.2. The van der Waals surface area contributed by atoms with Crippen LogP contribution in [0.5, 0.6) is 5.75 Å². The Kier molecular flexibility index (Phi) is 4.06. The highest BCUT2D eigenvalue weighted by Gasteiger charge is 2.13. The highest BCUT2D eigenvalue weighted by atomic mass is 32.1. The normalized spacial score (nSPS) is 10.2. The minimum Gasteiger partial charge on any atom is -0.497 e. The van der Waals surface area contributed by atoms with Gasteiger partial charge in [-0.1, -0.05) is 0 Å². The van der Waals surface area contributed by atoms with Crippen LogP contribution >= 0.6 is 11.3 Å². The summed E-state index contributed by atoms with van der Waals surface area (Å²) in [4.78, 5) is 13.5. The van der Waals surface area contributed by atoms with Gasteiger partial charge in [-0.3, -0.25) is 0 Å². The van der Waals surface area contributed by atoms with Crippen LogP contribution in [0.4, 0.5) is 5.69 Å². The van der Waals surface area contributed by atoms with Crippen LogP contribution in [0.2, 0.25) is 0 Å². The molecule has 0 fully saturated rings. The Balaban J connectivity index is 2.13. The number of carboxylic acid groups (broad SMARTS) is 1. The lowest BCUT2D eigenvalue weighted by Crippen LogP contribution is -2.17. The second kappa shape index (κ2) is 5.75. The first kappa shape index (κ1) is 13.4. The molecule has 2 rings (SSSR count). The Morgan fingerprint density at radius 2 is 2.00 bits per heavy atom. The number of nitrogens with zero attached hydrogens (tertiary/aromatic N) is 1. The second-order valence-electron chi connectivity index (χ2n) is 4.13. The molecule has 1 heterocycles. The van der Waals surface area contributed by atoms with Crippen LogP contribution in [0.25, 0.3) is 0 Å². The van der Waals surface area contributed by atoms with Crippen LogP contribution in [-0.4, -0.2) is 25.2 Å². The van der Waals surface area contributed by atoms with Gasteiger partial charge in [0.2, 0.25) is 0 Å². The number of carbonyl (C=O) groups is 1. The highest BCUT2D eigenvalue weighted by molar-refractivity contribution is 7.12. The van der Waals surface area contributed by atoms with Gasteiger partial charge in [-0.05, 0) is 41.3 Å². The third-order valence-electron chi connectivity index (χ3n) is 2.86. The second-order valence-corrected chi connectivity index (χ2v) is 5.05. The van der Waals surface area contributed by atoms with Gasteiger partial charge in [0.25, 0.3) is 0 Å². The van der Waals surface area contributed by atoms with Crippen LogP contribution in [0.1, 0.15) is 15.2 Å². The zero-order chi connectivity index (χ0) is 13.8. The van der Waals surface area contributed by atoms with Crippen LogP contribution < -0.4 is 9.64 Å². The standard InChI is InChI=1S/C14H15NO3S/c1-15(11-3-5-12(18-2)6-4-11)9-10-7-8-19-13(10)14(16)17/h3-8H,9H2,1-2H3,(H,16,17). The molecule has 0 aliphatic heterocycles. The lowest BCUT2D eigenvalue weighted by Gasteiger charge is -2.19. The van der Waals surface area contributed by atoms with Gasteiger partial charge in [-0.25, -0.2) is 4.79 Å². The Morgan fingerprint density at radius 3 is 2.58 bits per heavy atom. The molecule has 100 valence electrons. The molecule has 0 amide bonds. The maximum atomic E-state index is 11.1. The van der Waals surface area contributed by atoms with Gasteiger partial charge in [0.15, 0.2) is 0 Å². The van der Waals surface area contributed by atoms with E-state index in [0.29, 0.717) is 11.4 Å². The first-order chi connectivity index (χ1) is 9.11. The molecule has 5 heteroatoms. The minimum atomic E-state index is -0.867. The zero-order valence-corrected chi connectivity index (χ0v) is 11.6. The summed E-state index contributed by atoms with van der Waals surface area (Å²) in [6.07, 6.45) is 0. The smallest absolute Gasteiger partial charge is 0.346 e. The number of ether oxygens (including phenoxy) is 1. The summed E-state index contributed by atoms with van der Waals surface area (Å²) in [5.41, 5.74) is 1.85. The Labute approximate surface area is 115 Å². The SMILES string of the molecule is COc1ccc(N(C)Cc2ccsc2C(=O)O)cc1. The molecule has 1 aromatic carbocycles. The van der Waals surface area contributed by atoms with Crippen LogP contribution in [0, 0.1) is 0 Å². The number of methoxy groups -OCH3 is 1. The van der Waals surface area contributed by atoms with Crippen molar-refractivity contribution in [1.29, 1.82) is 0 Å². The van der Waals surface area contributed by atoms with Crippen molar-refractivity contribution in [2.75, 3.05) is 19.1 Å². The monoisotopic (exact) mass is 277 g/mol. The number of hydrogen-bond donors (Lipinski definition) is 1. The molecular formula is C14H15NO3S. The van der Waals surface area contributed by atoms with Crippen LogP contribution in [0.15, 0.2) is 35.7 Å². The minimum absolute atomic E-state index is 0.403. The quantitative estimate of drug-likeness (QED) is 0.912. The number of carboxylic acids is 1. The summed E-state index contributed by atoms with van der Waals surface area (Å²) in [7, 11) is 3.56. The molecule has 1 aromatic heterocycles. The van der Waals surface area contributed by atoms with E-state index in [1.165, 1.54) is 11.3 Å². The fourth-order valence-corrected chi connectivity index (χ4v) is 2.58. The van der Waals surface area contributed by atoms with Crippen molar-refractivity contribution >= 4 is 23.0 Å². The summed E-state index contributed by atoms with van der Waals surface area (Å²) in [6, 6.07) is 9.53. The Morgan fingerprint density at radius 1 is 1.32 bits per heavy atom. The lowest BCUT2D eigenvalue weighted by molar-refractivity contribution is 0.0701. The molecule has 1 N–H and O–H groups in total. The molecule has 0 aliphatic carbocycles. The van der Waals surface area contributed by atoms with Gasteiger partial charge in [-0.2, -0.15) is 0 Å². The molecule has 2 aromatic rings. The number of benzene rings is 1.